The van der Waals surface area contributed by atoms with Gasteiger partial charge in [0.2, 0.25) is 17.7 Å². The Kier molecular flexibility index (Phi) is 5.48. The van der Waals surface area contributed by atoms with Gasteiger partial charge >= 0.3 is 0 Å². The molecule has 2 N–H and O–H groups in total. The van der Waals surface area contributed by atoms with Gasteiger partial charge in [0.15, 0.2) is 0 Å². The van der Waals surface area contributed by atoms with E-state index in [1.807, 2.05) is 12.1 Å². The van der Waals surface area contributed by atoms with Gasteiger partial charge in [-0.15, -0.1) is 10.2 Å². The number of carbonyl (C=O) groups excluding carboxylic acids is 1. The third-order valence-electron chi connectivity index (χ3n) is 4.10. The number of nitrogens with zero attached hydrogens (tertiary/aromatic N) is 2. The number of aliphatic hydroxyl groups excluding tert-OH is 1. The van der Waals surface area contributed by atoms with Crippen molar-refractivity contribution in [2.45, 2.75) is 38.1 Å². The van der Waals surface area contributed by atoms with Crippen molar-refractivity contribution in [2.24, 2.45) is 5.92 Å². The smallest absolute Gasteiger partial charge is 0.247 e. The molecular weight excluding hydrogens is 330 g/mol. The van der Waals surface area contributed by atoms with Crippen molar-refractivity contribution in [3.8, 4) is 11.5 Å². The van der Waals surface area contributed by atoms with Gasteiger partial charge in [0.1, 0.15) is 0 Å². The second-order valence-corrected chi connectivity index (χ2v) is 6.47. The minimum atomic E-state index is -0.0495. The topological polar surface area (TPSA) is 88.2 Å². The summed E-state index contributed by atoms with van der Waals surface area (Å²) in [5.41, 5.74) is 0.791. The zero-order chi connectivity index (χ0) is 16.9. The summed E-state index contributed by atoms with van der Waals surface area (Å²) in [7, 11) is 0. The zero-order valence-corrected chi connectivity index (χ0v) is 14.0. The number of halogens is 1. The summed E-state index contributed by atoms with van der Waals surface area (Å²) in [6.45, 7) is 0.0928. The number of aromatic nitrogens is 2. The first-order valence-electron chi connectivity index (χ1n) is 8.14. The highest BCUT2D eigenvalue weighted by Gasteiger charge is 2.31. The van der Waals surface area contributed by atoms with Crippen LogP contribution in [-0.4, -0.2) is 33.9 Å². The SMILES string of the molecule is O=C(CCc1nnc(-c2ccc(Cl)cc2)o1)NC(CCO)C1CC1. The van der Waals surface area contributed by atoms with Gasteiger partial charge in [0.25, 0.3) is 0 Å². The van der Waals surface area contributed by atoms with E-state index < -0.39 is 0 Å². The molecule has 6 nitrogen and oxygen atoms in total. The molecule has 7 heteroatoms. The van der Waals surface area contributed by atoms with E-state index in [9.17, 15) is 4.79 Å². The second-order valence-electron chi connectivity index (χ2n) is 6.03. The normalized spacial score (nSPS) is 15.2. The molecule has 1 fully saturated rings. The summed E-state index contributed by atoms with van der Waals surface area (Å²) in [6.07, 6.45) is 3.54. The van der Waals surface area contributed by atoms with Crippen LogP contribution in [0.4, 0.5) is 0 Å². The van der Waals surface area contributed by atoms with Crippen LogP contribution >= 0.6 is 11.6 Å². The van der Waals surface area contributed by atoms with Gasteiger partial charge in [-0.1, -0.05) is 11.6 Å². The minimum absolute atomic E-state index is 0.0495. The van der Waals surface area contributed by atoms with Crippen molar-refractivity contribution in [2.75, 3.05) is 6.61 Å². The van der Waals surface area contributed by atoms with Gasteiger partial charge in [-0.05, 0) is 49.4 Å². The van der Waals surface area contributed by atoms with E-state index in [2.05, 4.69) is 15.5 Å². The Morgan fingerprint density at radius 1 is 1.33 bits per heavy atom. The number of amides is 1. The molecule has 1 atom stereocenters. The first kappa shape index (κ1) is 16.9. The molecule has 0 saturated heterocycles. The lowest BCUT2D eigenvalue weighted by atomic mass is 10.1. The lowest BCUT2D eigenvalue weighted by Crippen LogP contribution is -2.37. The van der Waals surface area contributed by atoms with Gasteiger partial charge in [0.05, 0.1) is 0 Å². The van der Waals surface area contributed by atoms with Crippen molar-refractivity contribution >= 4 is 17.5 Å². The van der Waals surface area contributed by atoms with Gasteiger partial charge in [-0.3, -0.25) is 4.79 Å². The van der Waals surface area contributed by atoms with E-state index in [4.69, 9.17) is 21.1 Å². The summed E-state index contributed by atoms with van der Waals surface area (Å²) in [5, 5.41) is 20.7. The highest BCUT2D eigenvalue weighted by atomic mass is 35.5. The Bertz CT molecular complexity index is 683. The van der Waals surface area contributed by atoms with E-state index in [0.717, 1.165) is 18.4 Å². The molecule has 0 bridgehead atoms. The summed E-state index contributed by atoms with van der Waals surface area (Å²) in [5.74, 6) is 1.31. The Hall–Kier alpha value is -1.92. The summed E-state index contributed by atoms with van der Waals surface area (Å²) in [6, 6.07) is 7.21. The number of hydrogen-bond donors (Lipinski definition) is 2. The molecule has 1 aliphatic carbocycles. The van der Waals surface area contributed by atoms with E-state index >= 15 is 0 Å². The molecule has 1 unspecified atom stereocenters. The van der Waals surface area contributed by atoms with E-state index in [1.165, 1.54) is 0 Å². The van der Waals surface area contributed by atoms with Crippen LogP contribution in [0.25, 0.3) is 11.5 Å². The van der Waals surface area contributed by atoms with Crippen LogP contribution in [0, 0.1) is 5.92 Å². The fraction of sp³-hybridized carbons (Fsp3) is 0.471. The molecule has 1 heterocycles. The molecule has 0 radical (unpaired) electrons. The molecule has 1 amide bonds. The molecule has 128 valence electrons. The maximum Gasteiger partial charge on any atom is 0.247 e. The highest BCUT2D eigenvalue weighted by Crippen LogP contribution is 2.33. The molecule has 1 aromatic heterocycles. The van der Waals surface area contributed by atoms with E-state index in [0.29, 0.717) is 35.6 Å². The minimum Gasteiger partial charge on any atom is -0.421 e. The molecule has 1 aromatic carbocycles. The number of benzene rings is 1. The van der Waals surface area contributed by atoms with Crippen molar-refractivity contribution in [1.82, 2.24) is 15.5 Å². The largest absolute Gasteiger partial charge is 0.421 e. The molecule has 1 aliphatic rings. The molecule has 2 aromatic rings. The van der Waals surface area contributed by atoms with Crippen LogP contribution in [0.1, 0.15) is 31.6 Å². The Balaban J connectivity index is 1.51. The first-order valence-corrected chi connectivity index (χ1v) is 8.52. The molecule has 3 rings (SSSR count). The zero-order valence-electron chi connectivity index (χ0n) is 13.2. The van der Waals surface area contributed by atoms with Crippen molar-refractivity contribution < 1.29 is 14.3 Å². The Morgan fingerprint density at radius 2 is 2.08 bits per heavy atom. The average Bonchev–Trinajstić information content (AvgIpc) is 3.32. The third kappa shape index (κ3) is 4.55. The van der Waals surface area contributed by atoms with Crippen molar-refractivity contribution in [1.29, 1.82) is 0 Å². The van der Waals surface area contributed by atoms with Crippen molar-refractivity contribution in [3.05, 3.63) is 35.2 Å². The molecule has 24 heavy (non-hydrogen) atoms. The van der Waals surface area contributed by atoms with Gasteiger partial charge in [-0.2, -0.15) is 0 Å². The first-order chi connectivity index (χ1) is 11.7. The van der Waals surface area contributed by atoms with Gasteiger partial charge in [-0.25, -0.2) is 0 Å². The number of aryl methyl sites for hydroxylation is 1. The second kappa shape index (κ2) is 7.77. The van der Waals surface area contributed by atoms with Crippen LogP contribution in [0.15, 0.2) is 28.7 Å². The quantitative estimate of drug-likeness (QED) is 0.764. The lowest BCUT2D eigenvalue weighted by Gasteiger charge is -2.16. The molecule has 0 spiro atoms. The number of nitrogens with one attached hydrogen (secondary N) is 1. The van der Waals surface area contributed by atoms with E-state index in [1.54, 1.807) is 12.1 Å². The number of carbonyl (C=O) groups is 1. The van der Waals surface area contributed by atoms with Crippen LogP contribution in [-0.2, 0) is 11.2 Å². The number of rotatable bonds is 8. The molecule has 1 saturated carbocycles. The molecule has 0 aliphatic heterocycles. The maximum atomic E-state index is 12.1. The standard InChI is InChI=1S/C17H20ClN3O3/c18-13-5-3-12(4-6-13)17-21-20-16(24-17)8-7-15(23)19-14(9-10-22)11-1-2-11/h3-6,11,14,22H,1-2,7-10H2,(H,19,23). The number of aliphatic hydroxyl groups is 1. The summed E-state index contributed by atoms with van der Waals surface area (Å²) >= 11 is 5.85. The Morgan fingerprint density at radius 3 is 2.75 bits per heavy atom. The van der Waals surface area contributed by atoms with E-state index in [-0.39, 0.29) is 25.0 Å². The Labute approximate surface area is 145 Å². The maximum absolute atomic E-state index is 12.1. The monoisotopic (exact) mass is 349 g/mol. The number of hydrogen-bond acceptors (Lipinski definition) is 5. The van der Waals surface area contributed by atoms with Crippen LogP contribution < -0.4 is 5.32 Å². The predicted molar refractivity (Wildman–Crippen MR) is 89.4 cm³/mol. The average molecular weight is 350 g/mol. The third-order valence-corrected chi connectivity index (χ3v) is 4.35. The van der Waals surface area contributed by atoms with Crippen LogP contribution in [0.5, 0.6) is 0 Å². The van der Waals surface area contributed by atoms with Crippen LogP contribution in [0.2, 0.25) is 5.02 Å². The highest BCUT2D eigenvalue weighted by molar-refractivity contribution is 6.30. The lowest BCUT2D eigenvalue weighted by molar-refractivity contribution is -0.122. The predicted octanol–water partition coefficient (Wildman–Crippen LogP) is 2.60. The summed E-state index contributed by atoms with van der Waals surface area (Å²) in [4.78, 5) is 12.1. The van der Waals surface area contributed by atoms with Gasteiger partial charge in [0, 0.05) is 36.1 Å². The fourth-order valence-corrected chi connectivity index (χ4v) is 2.75. The van der Waals surface area contributed by atoms with Crippen molar-refractivity contribution in [3.63, 3.8) is 0 Å². The fourth-order valence-electron chi connectivity index (χ4n) is 2.63. The summed E-state index contributed by atoms with van der Waals surface area (Å²) < 4.78 is 5.59. The van der Waals surface area contributed by atoms with Crippen LogP contribution in [0.3, 0.4) is 0 Å². The molecular formula is C17H20ClN3O3. The van der Waals surface area contributed by atoms with Gasteiger partial charge < -0.3 is 14.8 Å².